The van der Waals surface area contributed by atoms with Crippen LogP contribution < -0.4 is 0 Å². The average molecular weight is 411 g/mol. The number of aromatic hydroxyl groups is 2. The van der Waals surface area contributed by atoms with Gasteiger partial charge in [-0.3, -0.25) is 0 Å². The normalized spacial score (nSPS) is 13.0. The molecule has 166 valence electrons. The van der Waals surface area contributed by atoms with E-state index in [0.29, 0.717) is 23.3 Å². The molecule has 2 heteroatoms. The highest BCUT2D eigenvalue weighted by atomic mass is 16.3. The van der Waals surface area contributed by atoms with Crippen molar-refractivity contribution in [2.45, 2.75) is 105 Å². The van der Waals surface area contributed by atoms with Crippen LogP contribution in [0.5, 0.6) is 11.5 Å². The number of phenols is 2. The van der Waals surface area contributed by atoms with Crippen LogP contribution in [-0.4, -0.2) is 10.2 Å². The van der Waals surface area contributed by atoms with E-state index >= 15 is 0 Å². The lowest BCUT2D eigenvalue weighted by molar-refractivity contribution is 0.444. The highest BCUT2D eigenvalue weighted by molar-refractivity contribution is 5.54. The van der Waals surface area contributed by atoms with Crippen LogP contribution in [0.3, 0.4) is 0 Å². The Morgan fingerprint density at radius 2 is 0.833 bits per heavy atom. The molecular weight excluding hydrogens is 368 g/mol. The summed E-state index contributed by atoms with van der Waals surface area (Å²) in [6.07, 6.45) is 0. The Hall–Kier alpha value is -1.96. The summed E-state index contributed by atoms with van der Waals surface area (Å²) in [4.78, 5) is 0. The molecule has 2 rings (SSSR count). The van der Waals surface area contributed by atoms with E-state index in [2.05, 4.69) is 88.3 Å². The Labute approximate surface area is 184 Å². The third-order valence-corrected chi connectivity index (χ3v) is 6.20. The van der Waals surface area contributed by atoms with Crippen molar-refractivity contribution in [1.82, 2.24) is 0 Å². The fraction of sp³-hybridized carbons (Fsp3) is 0.571. The molecule has 0 radical (unpaired) electrons. The summed E-state index contributed by atoms with van der Waals surface area (Å²) in [6.45, 7) is 23.8. The Kier molecular flexibility index (Phi) is 6.71. The third kappa shape index (κ3) is 4.85. The van der Waals surface area contributed by atoms with Crippen molar-refractivity contribution in [2.24, 2.45) is 0 Å². The lowest BCUT2D eigenvalue weighted by Crippen LogP contribution is -2.16. The lowest BCUT2D eigenvalue weighted by atomic mass is 9.75. The molecule has 0 heterocycles. The zero-order chi connectivity index (χ0) is 23.2. The maximum atomic E-state index is 10.7. The van der Waals surface area contributed by atoms with Crippen LogP contribution in [0, 0.1) is 0 Å². The molecule has 2 nitrogen and oxygen atoms in total. The average Bonchev–Trinajstić information content (AvgIpc) is 2.58. The van der Waals surface area contributed by atoms with Gasteiger partial charge in [-0.1, -0.05) is 88.3 Å². The molecule has 0 saturated carbocycles. The van der Waals surface area contributed by atoms with E-state index in [1.807, 2.05) is 12.1 Å². The van der Waals surface area contributed by atoms with Crippen molar-refractivity contribution in [1.29, 1.82) is 0 Å². The fourth-order valence-electron chi connectivity index (χ4n) is 4.36. The van der Waals surface area contributed by atoms with E-state index in [1.165, 1.54) is 22.3 Å². The van der Waals surface area contributed by atoms with Crippen LogP contribution in [-0.2, 0) is 10.8 Å². The molecule has 2 aromatic carbocycles. The predicted molar refractivity (Wildman–Crippen MR) is 129 cm³/mol. The number of rotatable bonds is 4. The molecule has 2 aromatic rings. The molecule has 30 heavy (non-hydrogen) atoms. The van der Waals surface area contributed by atoms with Crippen LogP contribution in [0.15, 0.2) is 24.3 Å². The predicted octanol–water partition coefficient (Wildman–Crippen LogP) is 8.09. The Morgan fingerprint density at radius 1 is 0.533 bits per heavy atom. The summed E-state index contributed by atoms with van der Waals surface area (Å²) in [5.74, 6) is 1.54. The first-order chi connectivity index (χ1) is 13.6. The summed E-state index contributed by atoms with van der Waals surface area (Å²) < 4.78 is 0. The van der Waals surface area contributed by atoms with E-state index in [-0.39, 0.29) is 16.7 Å². The summed E-state index contributed by atoms with van der Waals surface area (Å²) >= 11 is 0. The maximum Gasteiger partial charge on any atom is 0.119 e. The van der Waals surface area contributed by atoms with Gasteiger partial charge in [0.15, 0.2) is 0 Å². The standard InChI is InChI=1S/C28H42O2/c1-16(2)19-14-25(29)23(27(6,7)8)12-21(19)18(5)22-13-24(28(9,10)11)26(30)15-20(22)17(3)4/h12-18,29-30H,1-11H3. The third-order valence-electron chi connectivity index (χ3n) is 6.20. The van der Waals surface area contributed by atoms with Gasteiger partial charge in [0.05, 0.1) is 0 Å². The van der Waals surface area contributed by atoms with Crippen molar-refractivity contribution >= 4 is 0 Å². The van der Waals surface area contributed by atoms with Gasteiger partial charge < -0.3 is 10.2 Å². The minimum absolute atomic E-state index is 0.138. The summed E-state index contributed by atoms with van der Waals surface area (Å²) in [7, 11) is 0. The van der Waals surface area contributed by atoms with Crippen LogP contribution in [0.4, 0.5) is 0 Å². The van der Waals surface area contributed by atoms with Crippen molar-refractivity contribution in [3.8, 4) is 11.5 Å². The molecule has 0 aliphatic carbocycles. The first-order valence-electron chi connectivity index (χ1n) is 11.3. The van der Waals surface area contributed by atoms with Crippen LogP contribution in [0.2, 0.25) is 0 Å². The first kappa shape index (κ1) is 24.3. The van der Waals surface area contributed by atoms with Gasteiger partial charge in [-0.15, -0.1) is 0 Å². The number of phenolic OH excluding ortho intramolecular Hbond substituents is 2. The molecule has 0 aliphatic rings. The van der Waals surface area contributed by atoms with E-state index < -0.39 is 0 Å². The SMILES string of the molecule is CC(C)c1cc(O)c(C(C)(C)C)cc1C(C)c1cc(C(C)(C)C)c(O)cc1C(C)C. The van der Waals surface area contributed by atoms with Crippen molar-refractivity contribution in [3.05, 3.63) is 57.6 Å². The van der Waals surface area contributed by atoms with E-state index in [4.69, 9.17) is 0 Å². The van der Waals surface area contributed by atoms with Gasteiger partial charge in [0.2, 0.25) is 0 Å². The van der Waals surface area contributed by atoms with Gasteiger partial charge in [-0.25, -0.2) is 0 Å². The Morgan fingerprint density at radius 3 is 1.07 bits per heavy atom. The minimum atomic E-state index is -0.138. The number of benzene rings is 2. The molecule has 0 saturated heterocycles. The number of hydrogen-bond acceptors (Lipinski definition) is 2. The van der Waals surface area contributed by atoms with Crippen molar-refractivity contribution in [2.75, 3.05) is 0 Å². The topological polar surface area (TPSA) is 40.5 Å². The molecule has 2 N–H and O–H groups in total. The summed E-state index contributed by atoms with van der Waals surface area (Å²) in [5.41, 5.74) is 6.59. The number of hydrogen-bond donors (Lipinski definition) is 2. The van der Waals surface area contributed by atoms with Crippen LogP contribution in [0.25, 0.3) is 0 Å². The highest BCUT2D eigenvalue weighted by Gasteiger charge is 2.27. The largest absolute Gasteiger partial charge is 0.508 e. The quantitative estimate of drug-likeness (QED) is 0.534. The van der Waals surface area contributed by atoms with E-state index in [0.717, 1.165) is 11.1 Å². The molecule has 0 spiro atoms. The molecular formula is C28H42O2. The zero-order valence-electron chi connectivity index (χ0n) is 20.9. The molecule has 0 aliphatic heterocycles. The monoisotopic (exact) mass is 410 g/mol. The Bertz CT molecular complexity index is 830. The van der Waals surface area contributed by atoms with Gasteiger partial charge in [0.25, 0.3) is 0 Å². The second-order valence-corrected chi connectivity index (χ2v) is 11.5. The molecule has 0 bridgehead atoms. The van der Waals surface area contributed by atoms with E-state index in [1.54, 1.807) is 0 Å². The molecule has 0 aromatic heterocycles. The van der Waals surface area contributed by atoms with Gasteiger partial charge in [0, 0.05) is 5.92 Å². The van der Waals surface area contributed by atoms with Gasteiger partial charge in [0.1, 0.15) is 11.5 Å². The zero-order valence-corrected chi connectivity index (χ0v) is 20.9. The molecule has 0 amide bonds. The van der Waals surface area contributed by atoms with Crippen molar-refractivity contribution in [3.63, 3.8) is 0 Å². The smallest absolute Gasteiger partial charge is 0.119 e. The fourth-order valence-corrected chi connectivity index (χ4v) is 4.36. The second kappa shape index (κ2) is 8.29. The summed E-state index contributed by atoms with van der Waals surface area (Å²) in [5, 5.41) is 21.5. The Balaban J connectivity index is 2.83. The maximum absolute atomic E-state index is 10.7. The molecule has 0 fully saturated rings. The lowest BCUT2D eigenvalue weighted by Gasteiger charge is -2.29. The van der Waals surface area contributed by atoms with Gasteiger partial charge in [-0.2, -0.15) is 0 Å². The molecule has 0 atom stereocenters. The van der Waals surface area contributed by atoms with E-state index in [9.17, 15) is 10.2 Å². The highest BCUT2D eigenvalue weighted by Crippen LogP contribution is 2.43. The second-order valence-electron chi connectivity index (χ2n) is 11.5. The van der Waals surface area contributed by atoms with Crippen LogP contribution in [0.1, 0.15) is 127 Å². The first-order valence-corrected chi connectivity index (χ1v) is 11.3. The summed E-state index contributed by atoms with van der Waals surface area (Å²) in [6, 6.07) is 8.36. The van der Waals surface area contributed by atoms with Crippen molar-refractivity contribution < 1.29 is 10.2 Å². The van der Waals surface area contributed by atoms with Crippen LogP contribution >= 0.6 is 0 Å². The minimum Gasteiger partial charge on any atom is -0.508 e. The van der Waals surface area contributed by atoms with Gasteiger partial charge >= 0.3 is 0 Å². The molecule has 0 unspecified atom stereocenters. The van der Waals surface area contributed by atoms with Gasteiger partial charge in [-0.05, 0) is 68.2 Å².